The molecule has 0 aliphatic heterocycles. The maximum atomic E-state index is 8.96. The van der Waals surface area contributed by atoms with Crippen LogP contribution >= 0.6 is 0 Å². The highest BCUT2D eigenvalue weighted by molar-refractivity contribution is 5.40. The van der Waals surface area contributed by atoms with Crippen LogP contribution in [0.1, 0.15) is 50.7 Å². The molecule has 0 radical (unpaired) electrons. The van der Waals surface area contributed by atoms with E-state index in [9.17, 15) is 0 Å². The molecular formula is C17H26O2. The van der Waals surface area contributed by atoms with E-state index >= 15 is 0 Å². The van der Waals surface area contributed by atoms with Gasteiger partial charge < -0.3 is 9.84 Å². The first-order valence-electron chi connectivity index (χ1n) is 6.93. The number of aliphatic hydroxyl groups is 1. The minimum atomic E-state index is -0.376. The van der Waals surface area contributed by atoms with Crippen molar-refractivity contribution >= 4 is 0 Å². The number of rotatable bonds is 7. The molecule has 1 aromatic rings. The van der Waals surface area contributed by atoms with E-state index in [1.54, 1.807) is 0 Å². The van der Waals surface area contributed by atoms with Gasteiger partial charge in [0.1, 0.15) is 11.4 Å². The molecule has 1 atom stereocenters. The number of hydrogen-bond acceptors (Lipinski definition) is 2. The Morgan fingerprint density at radius 1 is 1.42 bits per heavy atom. The second kappa shape index (κ2) is 6.76. The SMILES string of the molecule is C=CC(C)(C)Oc1cc(C)ccc1[C@@H](C)CCCO. The van der Waals surface area contributed by atoms with Crippen molar-refractivity contribution in [3.8, 4) is 5.75 Å². The maximum absolute atomic E-state index is 8.96. The molecule has 0 amide bonds. The summed E-state index contributed by atoms with van der Waals surface area (Å²) in [7, 11) is 0. The van der Waals surface area contributed by atoms with Crippen LogP contribution in [0.15, 0.2) is 30.9 Å². The Kier molecular flexibility index (Phi) is 5.61. The van der Waals surface area contributed by atoms with E-state index < -0.39 is 0 Å². The molecule has 0 aromatic heterocycles. The number of hydrogen-bond donors (Lipinski definition) is 1. The Hall–Kier alpha value is -1.28. The van der Waals surface area contributed by atoms with Gasteiger partial charge in [0.15, 0.2) is 0 Å². The van der Waals surface area contributed by atoms with Crippen LogP contribution in [0.3, 0.4) is 0 Å². The fraction of sp³-hybridized carbons (Fsp3) is 0.529. The van der Waals surface area contributed by atoms with E-state index in [-0.39, 0.29) is 12.2 Å². The fourth-order valence-electron chi connectivity index (χ4n) is 2.02. The van der Waals surface area contributed by atoms with Crippen LogP contribution in [0.5, 0.6) is 5.75 Å². The molecule has 0 spiro atoms. The molecule has 0 unspecified atom stereocenters. The molecule has 0 bridgehead atoms. The Labute approximate surface area is 117 Å². The van der Waals surface area contributed by atoms with Crippen LogP contribution in [-0.2, 0) is 0 Å². The normalized spacial score (nSPS) is 13.1. The lowest BCUT2D eigenvalue weighted by Gasteiger charge is -2.26. The van der Waals surface area contributed by atoms with Crippen LogP contribution in [0.4, 0.5) is 0 Å². The second-order valence-corrected chi connectivity index (χ2v) is 5.72. The molecule has 0 saturated heterocycles. The van der Waals surface area contributed by atoms with Crippen molar-refractivity contribution in [3.05, 3.63) is 42.0 Å². The van der Waals surface area contributed by atoms with E-state index in [4.69, 9.17) is 9.84 Å². The number of benzene rings is 1. The molecule has 1 aromatic carbocycles. The third-order valence-corrected chi connectivity index (χ3v) is 3.36. The van der Waals surface area contributed by atoms with E-state index in [0.29, 0.717) is 5.92 Å². The monoisotopic (exact) mass is 262 g/mol. The average molecular weight is 262 g/mol. The minimum absolute atomic E-state index is 0.241. The van der Waals surface area contributed by atoms with Gasteiger partial charge in [-0.15, -0.1) is 0 Å². The summed E-state index contributed by atoms with van der Waals surface area (Å²) in [5, 5.41) is 8.96. The van der Waals surface area contributed by atoms with Crippen LogP contribution in [-0.4, -0.2) is 17.3 Å². The second-order valence-electron chi connectivity index (χ2n) is 5.72. The molecular weight excluding hydrogens is 236 g/mol. The van der Waals surface area contributed by atoms with E-state index in [1.165, 1.54) is 11.1 Å². The highest BCUT2D eigenvalue weighted by Crippen LogP contribution is 2.33. The van der Waals surface area contributed by atoms with Crippen LogP contribution < -0.4 is 4.74 Å². The van der Waals surface area contributed by atoms with Crippen molar-refractivity contribution in [2.45, 2.75) is 52.1 Å². The van der Waals surface area contributed by atoms with Gasteiger partial charge in [0, 0.05) is 6.61 Å². The van der Waals surface area contributed by atoms with Gasteiger partial charge in [0.05, 0.1) is 0 Å². The lowest BCUT2D eigenvalue weighted by Crippen LogP contribution is -2.25. The van der Waals surface area contributed by atoms with Gasteiger partial charge in [-0.2, -0.15) is 0 Å². The molecule has 2 heteroatoms. The minimum Gasteiger partial charge on any atom is -0.484 e. The van der Waals surface area contributed by atoms with Gasteiger partial charge in [-0.3, -0.25) is 0 Å². The summed E-state index contributed by atoms with van der Waals surface area (Å²) in [6, 6.07) is 6.32. The molecule has 2 nitrogen and oxygen atoms in total. The van der Waals surface area contributed by atoms with E-state index in [0.717, 1.165) is 18.6 Å². The highest BCUT2D eigenvalue weighted by Gasteiger charge is 2.19. The zero-order valence-electron chi connectivity index (χ0n) is 12.6. The predicted molar refractivity (Wildman–Crippen MR) is 80.8 cm³/mol. The Bertz CT molecular complexity index is 421. The first-order valence-corrected chi connectivity index (χ1v) is 6.93. The van der Waals surface area contributed by atoms with Crippen LogP contribution in [0.25, 0.3) is 0 Å². The first kappa shape index (κ1) is 15.8. The summed E-state index contributed by atoms with van der Waals surface area (Å²) >= 11 is 0. The summed E-state index contributed by atoms with van der Waals surface area (Å²) in [6.45, 7) is 12.3. The largest absolute Gasteiger partial charge is 0.484 e. The smallest absolute Gasteiger partial charge is 0.124 e. The highest BCUT2D eigenvalue weighted by atomic mass is 16.5. The molecule has 1 rings (SSSR count). The van der Waals surface area contributed by atoms with Crippen molar-refractivity contribution < 1.29 is 9.84 Å². The van der Waals surface area contributed by atoms with E-state index in [2.05, 4.69) is 38.6 Å². The lowest BCUT2D eigenvalue weighted by atomic mass is 9.94. The summed E-state index contributed by atoms with van der Waals surface area (Å²) in [5.41, 5.74) is 2.01. The summed E-state index contributed by atoms with van der Waals surface area (Å²) in [4.78, 5) is 0. The zero-order chi connectivity index (χ0) is 14.5. The molecule has 0 saturated carbocycles. The van der Waals surface area contributed by atoms with Crippen molar-refractivity contribution in [2.24, 2.45) is 0 Å². The van der Waals surface area contributed by atoms with Gasteiger partial charge in [0.2, 0.25) is 0 Å². The molecule has 0 aliphatic rings. The quantitative estimate of drug-likeness (QED) is 0.746. The van der Waals surface area contributed by atoms with Crippen LogP contribution in [0, 0.1) is 6.92 Å². The van der Waals surface area contributed by atoms with Gasteiger partial charge in [-0.25, -0.2) is 0 Å². The maximum Gasteiger partial charge on any atom is 0.124 e. The Morgan fingerprint density at radius 3 is 2.68 bits per heavy atom. The molecule has 0 heterocycles. The van der Waals surface area contributed by atoms with Crippen molar-refractivity contribution in [1.29, 1.82) is 0 Å². The molecule has 0 fully saturated rings. The lowest BCUT2D eigenvalue weighted by molar-refractivity contribution is 0.159. The summed E-state index contributed by atoms with van der Waals surface area (Å²) in [5.74, 6) is 1.30. The van der Waals surface area contributed by atoms with Gasteiger partial charge in [0.25, 0.3) is 0 Å². The van der Waals surface area contributed by atoms with E-state index in [1.807, 2.05) is 19.9 Å². The fourth-order valence-corrected chi connectivity index (χ4v) is 2.02. The standard InChI is InChI=1S/C17H26O2/c1-6-17(4,5)19-16-12-13(2)9-10-15(16)14(3)8-7-11-18/h6,9-10,12,14,18H,1,7-8,11H2,2-5H3/t14-/m0/s1. The third kappa shape index (κ3) is 4.71. The van der Waals surface area contributed by atoms with Gasteiger partial charge in [-0.1, -0.05) is 25.6 Å². The summed E-state index contributed by atoms with van der Waals surface area (Å²) in [6.07, 6.45) is 3.60. The molecule has 106 valence electrons. The average Bonchev–Trinajstić information content (AvgIpc) is 2.35. The number of ether oxygens (including phenoxy) is 1. The molecule has 19 heavy (non-hydrogen) atoms. The van der Waals surface area contributed by atoms with Crippen LogP contribution in [0.2, 0.25) is 0 Å². The Morgan fingerprint density at radius 2 is 2.11 bits per heavy atom. The van der Waals surface area contributed by atoms with Crippen molar-refractivity contribution in [2.75, 3.05) is 6.61 Å². The van der Waals surface area contributed by atoms with Gasteiger partial charge >= 0.3 is 0 Å². The summed E-state index contributed by atoms with van der Waals surface area (Å²) < 4.78 is 6.08. The molecule has 0 aliphatic carbocycles. The van der Waals surface area contributed by atoms with Gasteiger partial charge in [-0.05, 0) is 62.8 Å². The zero-order valence-corrected chi connectivity index (χ0v) is 12.6. The third-order valence-electron chi connectivity index (χ3n) is 3.36. The number of aliphatic hydroxyl groups excluding tert-OH is 1. The predicted octanol–water partition coefficient (Wildman–Crippen LogP) is 4.21. The molecule has 1 N–H and O–H groups in total. The van der Waals surface area contributed by atoms with Crippen molar-refractivity contribution in [3.63, 3.8) is 0 Å². The first-order chi connectivity index (χ1) is 8.89. The number of aryl methyl sites for hydroxylation is 1. The topological polar surface area (TPSA) is 29.5 Å². The Balaban J connectivity index is 3.00. The van der Waals surface area contributed by atoms with Crippen molar-refractivity contribution in [1.82, 2.24) is 0 Å².